The molecule has 0 aliphatic rings. The van der Waals surface area contributed by atoms with Crippen molar-refractivity contribution in [3.8, 4) is 29.1 Å². The van der Waals surface area contributed by atoms with Crippen LogP contribution in [0.25, 0.3) is 11.3 Å². The van der Waals surface area contributed by atoms with Crippen molar-refractivity contribution in [1.82, 2.24) is 14.5 Å². The van der Waals surface area contributed by atoms with Crippen LogP contribution in [0.3, 0.4) is 0 Å². The topological polar surface area (TPSA) is 115 Å². The van der Waals surface area contributed by atoms with Crippen molar-refractivity contribution in [1.29, 1.82) is 5.26 Å². The number of para-hydroxylation sites is 1. The van der Waals surface area contributed by atoms with E-state index in [1.54, 1.807) is 38.4 Å². The number of benzene rings is 1. The SMILES string of the molecule is CCCS(=O)(=O)Cc1cc(-c2ccc(=O)n(C)c2)nc(Oc2c(Cl)cccc2C#N)n1. The normalized spacial score (nSPS) is 11.2. The standard InChI is InChI=1S/C21H19ClN4O4S/c1-3-9-31(28,29)13-16-10-18(15-7-8-19(27)26(2)12-15)25-21(24-16)30-20-14(11-23)5-4-6-17(20)22/h4-8,10,12H,3,9,13H2,1-2H3. The fourth-order valence-corrected chi connectivity index (χ4v) is 4.46. The third-order valence-electron chi connectivity index (χ3n) is 4.30. The molecule has 2 aromatic heterocycles. The second kappa shape index (κ2) is 9.29. The number of pyridine rings is 1. The van der Waals surface area contributed by atoms with Crippen molar-refractivity contribution in [2.75, 3.05) is 5.75 Å². The molecule has 8 nitrogen and oxygen atoms in total. The Morgan fingerprint density at radius 2 is 2.00 bits per heavy atom. The second-order valence-electron chi connectivity index (χ2n) is 6.82. The van der Waals surface area contributed by atoms with Crippen LogP contribution in [0, 0.1) is 11.3 Å². The summed E-state index contributed by atoms with van der Waals surface area (Å²) >= 11 is 6.17. The highest BCUT2D eigenvalue weighted by Gasteiger charge is 2.18. The number of sulfone groups is 1. The number of hydrogen-bond acceptors (Lipinski definition) is 7. The number of rotatable bonds is 7. The first-order valence-corrected chi connectivity index (χ1v) is 11.5. The van der Waals surface area contributed by atoms with Gasteiger partial charge in [0.05, 0.1) is 33.5 Å². The van der Waals surface area contributed by atoms with Gasteiger partial charge in [0.1, 0.15) is 6.07 Å². The Morgan fingerprint density at radius 3 is 2.68 bits per heavy atom. The van der Waals surface area contributed by atoms with E-state index in [-0.39, 0.29) is 45.1 Å². The van der Waals surface area contributed by atoms with Gasteiger partial charge in [-0.05, 0) is 30.7 Å². The Balaban J connectivity index is 2.12. The van der Waals surface area contributed by atoms with Crippen molar-refractivity contribution in [3.05, 3.63) is 69.2 Å². The van der Waals surface area contributed by atoms with E-state index >= 15 is 0 Å². The molecule has 31 heavy (non-hydrogen) atoms. The molecule has 0 spiro atoms. The predicted molar refractivity (Wildman–Crippen MR) is 117 cm³/mol. The summed E-state index contributed by atoms with van der Waals surface area (Å²) in [5.74, 6) is -0.205. The van der Waals surface area contributed by atoms with Gasteiger partial charge in [0.2, 0.25) is 5.56 Å². The average molecular weight is 459 g/mol. The molecule has 0 radical (unpaired) electrons. The van der Waals surface area contributed by atoms with Crippen LogP contribution >= 0.6 is 11.6 Å². The van der Waals surface area contributed by atoms with Crippen molar-refractivity contribution in [2.45, 2.75) is 19.1 Å². The second-order valence-corrected chi connectivity index (χ2v) is 9.41. The van der Waals surface area contributed by atoms with Gasteiger partial charge in [0.15, 0.2) is 15.6 Å². The molecule has 1 aromatic carbocycles. The molecule has 2 heterocycles. The van der Waals surface area contributed by atoms with Crippen molar-refractivity contribution in [2.24, 2.45) is 7.05 Å². The monoisotopic (exact) mass is 458 g/mol. The van der Waals surface area contributed by atoms with Crippen LogP contribution in [-0.4, -0.2) is 28.7 Å². The number of nitrogens with zero attached hydrogens (tertiary/aromatic N) is 4. The summed E-state index contributed by atoms with van der Waals surface area (Å²) in [6.07, 6.45) is 2.06. The number of ether oxygens (including phenoxy) is 1. The summed E-state index contributed by atoms with van der Waals surface area (Å²) in [4.78, 5) is 20.3. The van der Waals surface area contributed by atoms with Gasteiger partial charge in [-0.3, -0.25) is 4.79 Å². The molecule has 3 aromatic rings. The van der Waals surface area contributed by atoms with Crippen molar-refractivity contribution in [3.63, 3.8) is 0 Å². The molecule has 160 valence electrons. The minimum atomic E-state index is -3.39. The smallest absolute Gasteiger partial charge is 0.322 e. The summed E-state index contributed by atoms with van der Waals surface area (Å²) in [5, 5.41) is 9.53. The van der Waals surface area contributed by atoms with Gasteiger partial charge >= 0.3 is 6.01 Å². The predicted octanol–water partition coefficient (Wildman–Crippen LogP) is 3.48. The quantitative estimate of drug-likeness (QED) is 0.532. The van der Waals surface area contributed by atoms with Crippen LogP contribution in [0.5, 0.6) is 11.8 Å². The molecule has 0 aliphatic carbocycles. The van der Waals surface area contributed by atoms with Gasteiger partial charge in [0, 0.05) is 24.9 Å². The first kappa shape index (κ1) is 22.5. The largest absolute Gasteiger partial charge is 0.421 e. The molecular formula is C21H19ClN4O4S. The minimum Gasteiger partial charge on any atom is -0.421 e. The van der Waals surface area contributed by atoms with Crippen molar-refractivity contribution >= 4 is 21.4 Å². The van der Waals surface area contributed by atoms with Crippen LogP contribution in [0.15, 0.2) is 47.4 Å². The summed E-state index contributed by atoms with van der Waals surface area (Å²) in [6.45, 7) is 1.78. The highest BCUT2D eigenvalue weighted by atomic mass is 35.5. The maximum Gasteiger partial charge on any atom is 0.322 e. The molecule has 0 bridgehead atoms. The zero-order chi connectivity index (χ0) is 22.6. The zero-order valence-electron chi connectivity index (χ0n) is 16.9. The van der Waals surface area contributed by atoms with E-state index in [0.29, 0.717) is 17.7 Å². The number of hydrogen-bond donors (Lipinski definition) is 0. The first-order chi connectivity index (χ1) is 14.7. The Morgan fingerprint density at radius 1 is 1.23 bits per heavy atom. The minimum absolute atomic E-state index is 0.0193. The average Bonchev–Trinajstić information content (AvgIpc) is 2.71. The van der Waals surface area contributed by atoms with Gasteiger partial charge in [-0.2, -0.15) is 15.2 Å². The van der Waals surface area contributed by atoms with Gasteiger partial charge < -0.3 is 9.30 Å². The molecule has 0 saturated carbocycles. The summed E-state index contributed by atoms with van der Waals surface area (Å²) in [7, 11) is -1.79. The van der Waals surface area contributed by atoms with E-state index in [1.807, 2.05) is 6.07 Å². The van der Waals surface area contributed by atoms with E-state index in [0.717, 1.165) is 0 Å². The van der Waals surface area contributed by atoms with Crippen LogP contribution in [0.1, 0.15) is 24.6 Å². The molecule has 10 heteroatoms. The molecule has 0 saturated heterocycles. The summed E-state index contributed by atoms with van der Waals surface area (Å²) in [6, 6.07) is 11.0. The molecule has 0 fully saturated rings. The Labute approximate surface area is 184 Å². The number of nitriles is 1. The Kier molecular flexibility index (Phi) is 6.73. The maximum atomic E-state index is 12.4. The lowest BCUT2D eigenvalue weighted by atomic mass is 10.2. The molecule has 3 rings (SSSR count). The summed E-state index contributed by atoms with van der Waals surface area (Å²) < 4.78 is 31.8. The third-order valence-corrected chi connectivity index (χ3v) is 6.37. The Hall–Kier alpha value is -3.22. The summed E-state index contributed by atoms with van der Waals surface area (Å²) in [5.41, 5.74) is 1.16. The maximum absolute atomic E-state index is 12.4. The van der Waals surface area contributed by atoms with Gasteiger partial charge in [-0.15, -0.1) is 0 Å². The molecule has 0 atom stereocenters. The van der Waals surface area contributed by atoms with E-state index in [4.69, 9.17) is 16.3 Å². The molecule has 0 N–H and O–H groups in total. The molecule has 0 amide bonds. The van der Waals surface area contributed by atoms with E-state index in [2.05, 4.69) is 9.97 Å². The third kappa shape index (κ3) is 5.48. The number of aromatic nitrogens is 3. The first-order valence-electron chi connectivity index (χ1n) is 9.34. The highest BCUT2D eigenvalue weighted by Crippen LogP contribution is 2.32. The van der Waals surface area contributed by atoms with Crippen LogP contribution in [-0.2, 0) is 22.6 Å². The lowest BCUT2D eigenvalue weighted by Crippen LogP contribution is -2.14. The van der Waals surface area contributed by atoms with E-state index < -0.39 is 9.84 Å². The van der Waals surface area contributed by atoms with Gasteiger partial charge in [-0.1, -0.05) is 24.6 Å². The van der Waals surface area contributed by atoms with Gasteiger partial charge in [0.25, 0.3) is 0 Å². The van der Waals surface area contributed by atoms with Crippen LogP contribution < -0.4 is 10.3 Å². The lowest BCUT2D eigenvalue weighted by molar-refractivity contribution is 0.439. The lowest BCUT2D eigenvalue weighted by Gasteiger charge is -2.12. The van der Waals surface area contributed by atoms with Crippen LogP contribution in [0.4, 0.5) is 0 Å². The zero-order valence-corrected chi connectivity index (χ0v) is 18.4. The molecule has 0 aliphatic heterocycles. The Bertz CT molecular complexity index is 1330. The highest BCUT2D eigenvalue weighted by molar-refractivity contribution is 7.90. The molecular weight excluding hydrogens is 440 g/mol. The fourth-order valence-electron chi connectivity index (χ4n) is 2.89. The fraction of sp³-hybridized carbons (Fsp3) is 0.238. The molecule has 0 unspecified atom stereocenters. The van der Waals surface area contributed by atoms with Crippen molar-refractivity contribution < 1.29 is 13.2 Å². The van der Waals surface area contributed by atoms with Gasteiger partial charge in [-0.25, -0.2) is 8.42 Å². The van der Waals surface area contributed by atoms with Crippen LogP contribution in [0.2, 0.25) is 5.02 Å². The number of halogens is 1. The van der Waals surface area contributed by atoms with E-state index in [1.165, 1.54) is 22.8 Å². The van der Waals surface area contributed by atoms with E-state index in [9.17, 15) is 18.5 Å². The number of aryl methyl sites for hydroxylation is 1.